The van der Waals surface area contributed by atoms with E-state index in [0.29, 0.717) is 26.5 Å². The Balaban J connectivity index is 1.08. The van der Waals surface area contributed by atoms with Crippen molar-refractivity contribution in [1.29, 1.82) is 0 Å². The van der Waals surface area contributed by atoms with Gasteiger partial charge in [0.1, 0.15) is 6.10 Å². The van der Waals surface area contributed by atoms with Crippen LogP contribution >= 0.6 is 23.5 Å². The number of ether oxygens (including phenoxy) is 3. The van der Waals surface area contributed by atoms with E-state index >= 15 is 0 Å². The number of hydrogen-bond donors (Lipinski definition) is 2. The minimum Gasteiger partial charge on any atom is -0.380 e. The minimum atomic E-state index is -0.114. The number of hydrogen-bond acceptors (Lipinski definition) is 9. The summed E-state index contributed by atoms with van der Waals surface area (Å²) in [5, 5.41) is 3.62. The van der Waals surface area contributed by atoms with E-state index in [9.17, 15) is 4.79 Å². The summed E-state index contributed by atoms with van der Waals surface area (Å²) in [5.74, 6) is 0. The number of fused-ring (bicyclic) bond motifs is 2. The largest absolute Gasteiger partial charge is 0.380 e. The molecule has 0 aliphatic carbocycles. The van der Waals surface area contributed by atoms with Crippen LogP contribution in [0, 0.1) is 0 Å². The molecule has 1 aromatic heterocycles. The number of pyridine rings is 1. The zero-order chi connectivity index (χ0) is 28.4. The molecule has 2 aromatic carbocycles. The molecule has 2 fully saturated rings. The normalized spacial score (nSPS) is 21.1. The Morgan fingerprint density at radius 2 is 2.00 bits per heavy atom. The van der Waals surface area contributed by atoms with E-state index in [1.807, 2.05) is 29.6 Å². The zero-order valence-electron chi connectivity index (χ0n) is 23.9. The summed E-state index contributed by atoms with van der Waals surface area (Å²) in [4.78, 5) is 24.1. The topological polar surface area (TPSA) is 79.1 Å². The molecule has 0 saturated carbocycles. The van der Waals surface area contributed by atoms with Gasteiger partial charge < -0.3 is 29.4 Å². The number of rotatable bonds is 8. The van der Waals surface area contributed by atoms with Crippen molar-refractivity contribution in [2.24, 2.45) is 0 Å². The fraction of sp³-hybridized carbons (Fsp3) is 0.452. The summed E-state index contributed by atoms with van der Waals surface area (Å²) >= 11 is 3.63. The van der Waals surface area contributed by atoms with Crippen LogP contribution in [0.2, 0.25) is 0 Å². The lowest BCUT2D eigenvalue weighted by Crippen LogP contribution is -2.49. The highest BCUT2D eigenvalue weighted by molar-refractivity contribution is 8.05. The highest BCUT2D eigenvalue weighted by Gasteiger charge is 2.29. The summed E-state index contributed by atoms with van der Waals surface area (Å²) in [5.41, 5.74) is 3.04. The van der Waals surface area contributed by atoms with Crippen LogP contribution in [0.25, 0.3) is 0 Å². The van der Waals surface area contributed by atoms with E-state index in [4.69, 9.17) is 14.2 Å². The van der Waals surface area contributed by atoms with Crippen molar-refractivity contribution in [3.8, 4) is 0 Å². The molecule has 2 atom stereocenters. The van der Waals surface area contributed by atoms with E-state index in [0.717, 1.165) is 37.6 Å². The van der Waals surface area contributed by atoms with Gasteiger partial charge >= 0.3 is 0 Å². The SMILES string of the molecule is CC(COCN1CCOC(C)(C)C1)Nc1ccc2c(c1)Sc1cccc(C3CN(c4cc[nH]c(=O)c4)CCO3)c1S2. The molecule has 0 radical (unpaired) electrons. The Kier molecular flexibility index (Phi) is 8.67. The van der Waals surface area contributed by atoms with Gasteiger partial charge in [-0.25, -0.2) is 0 Å². The van der Waals surface area contributed by atoms with Crippen LogP contribution in [0.4, 0.5) is 11.4 Å². The maximum atomic E-state index is 11.9. The summed E-state index contributed by atoms with van der Waals surface area (Å²) in [6.45, 7) is 12.3. The first-order chi connectivity index (χ1) is 19.8. The van der Waals surface area contributed by atoms with Gasteiger partial charge in [-0.3, -0.25) is 9.69 Å². The first kappa shape index (κ1) is 28.6. The van der Waals surface area contributed by atoms with Gasteiger partial charge in [-0.2, -0.15) is 0 Å². The second-order valence-corrected chi connectivity index (χ2v) is 13.6. The molecule has 10 heteroatoms. The number of morpholine rings is 2. The lowest BCUT2D eigenvalue weighted by molar-refractivity contribution is -0.114. The molecule has 2 saturated heterocycles. The number of nitrogens with zero attached hydrogens (tertiary/aromatic N) is 2. The van der Waals surface area contributed by atoms with Gasteiger partial charge in [0.05, 0.1) is 32.2 Å². The molecule has 3 aromatic rings. The van der Waals surface area contributed by atoms with Crippen LogP contribution in [-0.4, -0.2) is 74.3 Å². The minimum absolute atomic E-state index is 0.0574. The average molecular weight is 595 g/mol. The molecule has 3 aliphatic heterocycles. The molecule has 0 amide bonds. The van der Waals surface area contributed by atoms with Gasteiger partial charge in [-0.05, 0) is 56.7 Å². The fourth-order valence-corrected chi connectivity index (χ4v) is 8.03. The van der Waals surface area contributed by atoms with Crippen molar-refractivity contribution >= 4 is 34.9 Å². The molecule has 8 nitrogen and oxygen atoms in total. The highest BCUT2D eigenvalue weighted by Crippen LogP contribution is 2.51. The lowest BCUT2D eigenvalue weighted by atomic mass is 10.1. The van der Waals surface area contributed by atoms with Gasteiger partial charge in [0.15, 0.2) is 0 Å². The van der Waals surface area contributed by atoms with Crippen molar-refractivity contribution in [2.45, 2.75) is 58.1 Å². The summed E-state index contributed by atoms with van der Waals surface area (Å²) in [6.07, 6.45) is 1.65. The quantitative estimate of drug-likeness (QED) is 0.277. The predicted molar refractivity (Wildman–Crippen MR) is 165 cm³/mol. The van der Waals surface area contributed by atoms with Crippen LogP contribution < -0.4 is 15.8 Å². The monoisotopic (exact) mass is 594 g/mol. The number of aromatic amines is 1. The second-order valence-electron chi connectivity index (χ2n) is 11.5. The van der Waals surface area contributed by atoms with E-state index < -0.39 is 0 Å². The molecule has 2 N–H and O–H groups in total. The molecule has 4 heterocycles. The van der Waals surface area contributed by atoms with Crippen LogP contribution in [0.3, 0.4) is 0 Å². The molecule has 2 unspecified atom stereocenters. The van der Waals surface area contributed by atoms with E-state index in [1.165, 1.54) is 25.1 Å². The molecule has 218 valence electrons. The maximum Gasteiger partial charge on any atom is 0.249 e. The maximum absolute atomic E-state index is 11.9. The van der Waals surface area contributed by atoms with Crippen molar-refractivity contribution in [3.05, 3.63) is 70.6 Å². The summed E-state index contributed by atoms with van der Waals surface area (Å²) < 4.78 is 18.1. The molecule has 6 rings (SSSR count). The highest BCUT2D eigenvalue weighted by atomic mass is 32.2. The molecule has 3 aliphatic rings. The summed E-state index contributed by atoms with van der Waals surface area (Å²) in [7, 11) is 0. The van der Waals surface area contributed by atoms with Gasteiger partial charge in [0.2, 0.25) is 5.56 Å². The van der Waals surface area contributed by atoms with Gasteiger partial charge in [0.25, 0.3) is 0 Å². The van der Waals surface area contributed by atoms with E-state index in [1.54, 1.807) is 12.3 Å². The van der Waals surface area contributed by atoms with E-state index in [2.05, 4.69) is 77.3 Å². The lowest BCUT2D eigenvalue weighted by Gasteiger charge is -2.37. The smallest absolute Gasteiger partial charge is 0.249 e. The third kappa shape index (κ3) is 6.96. The van der Waals surface area contributed by atoms with Crippen LogP contribution in [0.5, 0.6) is 0 Å². The van der Waals surface area contributed by atoms with Crippen LogP contribution in [-0.2, 0) is 14.2 Å². The number of aromatic nitrogens is 1. The zero-order valence-corrected chi connectivity index (χ0v) is 25.5. The van der Waals surface area contributed by atoms with Crippen molar-refractivity contribution in [2.75, 3.05) is 62.9 Å². The average Bonchev–Trinajstić information content (AvgIpc) is 2.95. The first-order valence-electron chi connectivity index (χ1n) is 14.2. The Labute approximate surface area is 250 Å². The standard InChI is InChI=1S/C31H38N4O4S2/c1-21(18-37-20-34-11-14-39-31(2,3)19-34)33-22-7-8-26-28(15-22)40-27-6-4-5-24(30(27)41-26)25-17-35(12-13-38-25)23-9-10-32-29(36)16-23/h4-10,15-16,21,25,33H,11-14,17-20H2,1-3H3,(H,32,36). The Hall–Kier alpha value is -2.47. The number of H-pyrrole nitrogens is 1. The third-order valence-electron chi connectivity index (χ3n) is 7.48. The van der Waals surface area contributed by atoms with Gasteiger partial charge in [0, 0.05) is 75.4 Å². The second kappa shape index (κ2) is 12.4. The van der Waals surface area contributed by atoms with Crippen molar-refractivity contribution in [1.82, 2.24) is 9.88 Å². The van der Waals surface area contributed by atoms with Crippen molar-refractivity contribution in [3.63, 3.8) is 0 Å². The third-order valence-corrected chi connectivity index (χ3v) is 10.1. The number of nitrogens with one attached hydrogen (secondary N) is 2. The van der Waals surface area contributed by atoms with Crippen LogP contribution in [0.1, 0.15) is 32.4 Å². The predicted octanol–water partition coefficient (Wildman–Crippen LogP) is 5.45. The Morgan fingerprint density at radius 3 is 2.85 bits per heavy atom. The van der Waals surface area contributed by atoms with Crippen LogP contribution in [0.15, 0.2) is 79.1 Å². The molecular formula is C31H38N4O4S2. The Morgan fingerprint density at radius 1 is 1.10 bits per heavy atom. The summed E-state index contributed by atoms with van der Waals surface area (Å²) in [6, 6.07) is 16.9. The number of anilines is 2. The first-order valence-corrected chi connectivity index (χ1v) is 15.8. The fourth-order valence-electron chi connectivity index (χ4n) is 5.58. The van der Waals surface area contributed by atoms with Gasteiger partial charge in [-0.1, -0.05) is 35.7 Å². The Bertz CT molecular complexity index is 1430. The molecule has 0 spiro atoms. The van der Waals surface area contributed by atoms with E-state index in [-0.39, 0.29) is 23.3 Å². The number of benzene rings is 2. The van der Waals surface area contributed by atoms with Crippen molar-refractivity contribution < 1.29 is 14.2 Å². The molecule has 0 bridgehead atoms. The molecular weight excluding hydrogens is 556 g/mol. The van der Waals surface area contributed by atoms with Gasteiger partial charge in [-0.15, -0.1) is 0 Å². The molecule has 41 heavy (non-hydrogen) atoms.